The van der Waals surface area contributed by atoms with Crippen molar-refractivity contribution in [3.8, 4) is 0 Å². The Morgan fingerprint density at radius 1 is 0.793 bits per heavy atom. The van der Waals surface area contributed by atoms with Crippen molar-refractivity contribution in [1.82, 2.24) is 0 Å². The number of benzene rings is 2. The van der Waals surface area contributed by atoms with Gasteiger partial charge in [-0.3, -0.25) is 14.4 Å². The molecule has 0 aliphatic heterocycles. The van der Waals surface area contributed by atoms with Gasteiger partial charge in [-0.1, -0.05) is 67.2 Å². The van der Waals surface area contributed by atoms with E-state index in [1.807, 2.05) is 0 Å². The number of hydrogen-bond donors (Lipinski definition) is 0. The van der Waals surface area contributed by atoms with E-state index in [0.29, 0.717) is 11.1 Å². The second-order valence-electron chi connectivity index (χ2n) is 6.14. The van der Waals surface area contributed by atoms with Crippen molar-refractivity contribution in [3.05, 3.63) is 84.4 Å². The van der Waals surface area contributed by atoms with Gasteiger partial charge in [-0.25, -0.2) is 4.79 Å². The zero-order valence-corrected chi connectivity index (χ0v) is 15.9. The lowest BCUT2D eigenvalue weighted by molar-refractivity contribution is -0.149. The van der Waals surface area contributed by atoms with Crippen LogP contribution >= 0.6 is 0 Å². The Morgan fingerprint density at radius 2 is 1.28 bits per heavy atom. The molecule has 0 aromatic heterocycles. The third kappa shape index (κ3) is 6.84. The normalized spacial score (nSPS) is 10.2. The van der Waals surface area contributed by atoms with E-state index in [1.54, 1.807) is 60.7 Å². The van der Waals surface area contributed by atoms with Gasteiger partial charge in [-0.15, -0.1) is 0 Å². The molecule has 0 unspecified atom stereocenters. The monoisotopic (exact) mass is 394 g/mol. The maximum atomic E-state index is 12.9. The van der Waals surface area contributed by atoms with Crippen LogP contribution in [0.2, 0.25) is 0 Å². The molecular weight excluding hydrogens is 372 g/mol. The highest BCUT2D eigenvalue weighted by Gasteiger charge is 2.29. The average molecular weight is 394 g/mol. The summed E-state index contributed by atoms with van der Waals surface area (Å²) in [5.41, 5.74) is 0.818. The largest absolute Gasteiger partial charge is 0.462 e. The van der Waals surface area contributed by atoms with Crippen molar-refractivity contribution >= 4 is 23.5 Å². The van der Waals surface area contributed by atoms with Crippen LogP contribution in [-0.2, 0) is 19.1 Å². The number of ketones is 2. The van der Waals surface area contributed by atoms with E-state index < -0.39 is 17.9 Å². The molecule has 2 aromatic carbocycles. The molecule has 150 valence electrons. The number of ether oxygens (including phenoxy) is 2. The molecular formula is C23H22O6. The molecule has 2 rings (SSSR count). The van der Waals surface area contributed by atoms with E-state index in [-0.39, 0.29) is 37.6 Å². The van der Waals surface area contributed by atoms with Crippen molar-refractivity contribution < 1.29 is 28.7 Å². The fourth-order valence-corrected chi connectivity index (χ4v) is 2.68. The van der Waals surface area contributed by atoms with Gasteiger partial charge in [-0.05, 0) is 6.42 Å². The smallest absolute Gasteiger partial charge is 0.330 e. The lowest BCUT2D eigenvalue weighted by Crippen LogP contribution is -2.26. The van der Waals surface area contributed by atoms with Gasteiger partial charge < -0.3 is 9.47 Å². The molecule has 0 atom stereocenters. The molecule has 2 aromatic rings. The van der Waals surface area contributed by atoms with Crippen molar-refractivity contribution in [2.24, 2.45) is 5.92 Å². The van der Waals surface area contributed by atoms with E-state index in [0.717, 1.165) is 6.08 Å². The third-order valence-electron chi connectivity index (χ3n) is 4.14. The topological polar surface area (TPSA) is 86.7 Å². The standard InChI is InChI=1S/C23H22O6/c1-2-20(24)28-15-16-29-21(25)14-13-19(22(26)17-9-5-3-6-10-17)23(27)18-11-7-4-8-12-18/h2-12,19H,1,13-16H2. The van der Waals surface area contributed by atoms with Crippen molar-refractivity contribution in [1.29, 1.82) is 0 Å². The Hall–Kier alpha value is -3.54. The highest BCUT2D eigenvalue weighted by Crippen LogP contribution is 2.20. The van der Waals surface area contributed by atoms with Gasteiger partial charge in [0.1, 0.15) is 13.2 Å². The van der Waals surface area contributed by atoms with Crippen LogP contribution in [0, 0.1) is 5.92 Å². The second kappa shape index (κ2) is 11.3. The summed E-state index contributed by atoms with van der Waals surface area (Å²) in [7, 11) is 0. The highest BCUT2D eigenvalue weighted by molar-refractivity contribution is 6.16. The summed E-state index contributed by atoms with van der Waals surface area (Å²) in [6.07, 6.45) is 0.917. The van der Waals surface area contributed by atoms with Crippen molar-refractivity contribution in [3.63, 3.8) is 0 Å². The quantitative estimate of drug-likeness (QED) is 0.191. The lowest BCUT2D eigenvalue weighted by Gasteiger charge is -2.15. The van der Waals surface area contributed by atoms with Gasteiger partial charge in [-0.2, -0.15) is 0 Å². The zero-order chi connectivity index (χ0) is 21.1. The molecule has 0 fully saturated rings. The molecule has 0 spiro atoms. The van der Waals surface area contributed by atoms with Gasteiger partial charge >= 0.3 is 11.9 Å². The average Bonchev–Trinajstić information content (AvgIpc) is 2.77. The molecule has 0 heterocycles. The Kier molecular flexibility index (Phi) is 8.51. The lowest BCUT2D eigenvalue weighted by atomic mass is 9.86. The Balaban J connectivity index is 2.01. The van der Waals surface area contributed by atoms with Gasteiger partial charge in [0.15, 0.2) is 11.6 Å². The van der Waals surface area contributed by atoms with E-state index in [1.165, 1.54) is 0 Å². The first-order valence-electron chi connectivity index (χ1n) is 9.16. The van der Waals surface area contributed by atoms with Crippen LogP contribution in [-0.4, -0.2) is 36.7 Å². The minimum absolute atomic E-state index is 0.0206. The van der Waals surface area contributed by atoms with Crippen LogP contribution in [0.15, 0.2) is 73.3 Å². The first kappa shape index (κ1) is 21.8. The van der Waals surface area contributed by atoms with Crippen LogP contribution in [0.4, 0.5) is 0 Å². The molecule has 0 N–H and O–H groups in total. The zero-order valence-electron chi connectivity index (χ0n) is 15.9. The number of carbonyl (C=O) groups is 4. The summed E-state index contributed by atoms with van der Waals surface area (Å²) in [5.74, 6) is -2.86. The minimum atomic E-state index is -0.994. The van der Waals surface area contributed by atoms with Crippen molar-refractivity contribution in [2.45, 2.75) is 12.8 Å². The molecule has 29 heavy (non-hydrogen) atoms. The van der Waals surface area contributed by atoms with Gasteiger partial charge in [0.05, 0.1) is 5.92 Å². The molecule has 0 bridgehead atoms. The number of rotatable bonds is 11. The first-order chi connectivity index (χ1) is 14.0. The maximum Gasteiger partial charge on any atom is 0.330 e. The van der Waals surface area contributed by atoms with Crippen LogP contribution in [0.5, 0.6) is 0 Å². The molecule has 0 saturated heterocycles. The first-order valence-corrected chi connectivity index (χ1v) is 9.16. The molecule has 0 aliphatic carbocycles. The molecule has 6 nitrogen and oxygen atoms in total. The molecule has 0 saturated carbocycles. The Bertz CT molecular complexity index is 806. The number of carbonyl (C=O) groups excluding carboxylic acids is 4. The Labute approximate surface area is 169 Å². The second-order valence-corrected chi connectivity index (χ2v) is 6.14. The predicted molar refractivity (Wildman–Crippen MR) is 106 cm³/mol. The molecule has 0 amide bonds. The van der Waals surface area contributed by atoms with Crippen LogP contribution in [0.1, 0.15) is 33.6 Å². The summed E-state index contributed by atoms with van der Waals surface area (Å²) >= 11 is 0. The minimum Gasteiger partial charge on any atom is -0.462 e. The predicted octanol–water partition coefficient (Wildman–Crippen LogP) is 3.42. The van der Waals surface area contributed by atoms with Gasteiger partial charge in [0.25, 0.3) is 0 Å². The summed E-state index contributed by atoms with van der Waals surface area (Å²) in [6.45, 7) is 3.06. The summed E-state index contributed by atoms with van der Waals surface area (Å²) in [4.78, 5) is 48.7. The maximum absolute atomic E-state index is 12.9. The summed E-state index contributed by atoms with van der Waals surface area (Å²) in [6, 6.07) is 17.0. The number of Topliss-reactive ketones (excluding diaryl/α,β-unsaturated/α-hetero) is 2. The number of esters is 2. The SMILES string of the molecule is C=CC(=O)OCCOC(=O)CCC(C(=O)c1ccccc1)C(=O)c1ccccc1. The molecule has 0 aliphatic rings. The van der Waals surface area contributed by atoms with Crippen LogP contribution in [0.3, 0.4) is 0 Å². The Morgan fingerprint density at radius 3 is 1.76 bits per heavy atom. The fraction of sp³-hybridized carbons (Fsp3) is 0.217. The van der Waals surface area contributed by atoms with Crippen LogP contribution in [0.25, 0.3) is 0 Å². The highest BCUT2D eigenvalue weighted by atomic mass is 16.6. The summed E-state index contributed by atoms with van der Waals surface area (Å²) < 4.78 is 9.70. The number of hydrogen-bond acceptors (Lipinski definition) is 6. The molecule has 0 radical (unpaired) electrons. The van der Waals surface area contributed by atoms with Crippen molar-refractivity contribution in [2.75, 3.05) is 13.2 Å². The fourth-order valence-electron chi connectivity index (χ4n) is 2.68. The molecule has 6 heteroatoms. The van der Waals surface area contributed by atoms with E-state index >= 15 is 0 Å². The van der Waals surface area contributed by atoms with E-state index in [4.69, 9.17) is 9.47 Å². The summed E-state index contributed by atoms with van der Waals surface area (Å²) in [5, 5.41) is 0. The van der Waals surface area contributed by atoms with Gasteiger partial charge in [0, 0.05) is 23.6 Å². The third-order valence-corrected chi connectivity index (χ3v) is 4.14. The van der Waals surface area contributed by atoms with Gasteiger partial charge in [0.2, 0.25) is 0 Å². The van der Waals surface area contributed by atoms with Crippen LogP contribution < -0.4 is 0 Å². The van der Waals surface area contributed by atoms with E-state index in [2.05, 4.69) is 6.58 Å². The van der Waals surface area contributed by atoms with E-state index in [9.17, 15) is 19.2 Å².